The third-order valence-corrected chi connectivity index (χ3v) is 7.98. The summed E-state index contributed by atoms with van der Waals surface area (Å²) in [7, 11) is -3.86. The number of likely N-dealkylation sites (tertiary alicyclic amines) is 1. The van der Waals surface area contributed by atoms with Crippen LogP contribution in [0.3, 0.4) is 0 Å². The number of carbonyl (C=O) groups excluding carboxylic acids is 2. The summed E-state index contributed by atoms with van der Waals surface area (Å²) in [5.74, 6) is -0.524. The topological polar surface area (TPSA) is 86.8 Å². The molecule has 31 heavy (non-hydrogen) atoms. The third kappa shape index (κ3) is 4.61. The van der Waals surface area contributed by atoms with Gasteiger partial charge in [-0.1, -0.05) is 35.9 Å². The van der Waals surface area contributed by atoms with Crippen molar-refractivity contribution in [1.82, 2.24) is 14.5 Å². The molecule has 0 radical (unpaired) electrons. The number of hydrogen-bond donors (Lipinski definition) is 1. The fourth-order valence-electron chi connectivity index (χ4n) is 4.16. The standard InChI is InChI=1S/C22H24ClN3O4S/c23-20-9-2-1-5-16(20)13-18-7-4-11-26(18)22(28)17-6-3-8-19(14-17)31(29,30)25-12-10-24-21(27)15-25/h1-3,5-6,8-9,14,18H,4,7,10-13,15H2,(H,24,27). The first-order valence-corrected chi connectivity index (χ1v) is 12.1. The van der Waals surface area contributed by atoms with E-state index in [0.717, 1.165) is 22.7 Å². The van der Waals surface area contributed by atoms with Gasteiger partial charge in [0.15, 0.2) is 0 Å². The van der Waals surface area contributed by atoms with Crippen LogP contribution < -0.4 is 5.32 Å². The van der Waals surface area contributed by atoms with Gasteiger partial charge in [0.25, 0.3) is 5.91 Å². The molecule has 164 valence electrons. The maximum atomic E-state index is 13.3. The van der Waals surface area contributed by atoms with Crippen molar-refractivity contribution in [2.24, 2.45) is 0 Å². The average Bonchev–Trinajstić information content (AvgIpc) is 3.23. The Kier molecular flexibility index (Phi) is 6.31. The Hall–Kier alpha value is -2.42. The van der Waals surface area contributed by atoms with Gasteiger partial charge in [0.1, 0.15) is 0 Å². The van der Waals surface area contributed by atoms with E-state index in [1.165, 1.54) is 12.1 Å². The fourth-order valence-corrected chi connectivity index (χ4v) is 5.81. The molecule has 2 fully saturated rings. The average molecular weight is 462 g/mol. The first-order chi connectivity index (χ1) is 14.9. The summed E-state index contributed by atoms with van der Waals surface area (Å²) in [4.78, 5) is 26.7. The second kappa shape index (κ2) is 8.98. The van der Waals surface area contributed by atoms with Gasteiger partial charge < -0.3 is 10.2 Å². The Balaban J connectivity index is 1.55. The lowest BCUT2D eigenvalue weighted by atomic mass is 10.0. The van der Waals surface area contributed by atoms with Crippen LogP contribution >= 0.6 is 11.6 Å². The number of piperazine rings is 1. The zero-order chi connectivity index (χ0) is 22.0. The summed E-state index contributed by atoms with van der Waals surface area (Å²) in [5.41, 5.74) is 1.32. The number of hydrogen-bond acceptors (Lipinski definition) is 4. The number of carbonyl (C=O) groups is 2. The molecule has 2 aromatic rings. The van der Waals surface area contributed by atoms with E-state index in [1.54, 1.807) is 12.1 Å². The molecule has 0 bridgehead atoms. The van der Waals surface area contributed by atoms with Gasteiger partial charge >= 0.3 is 0 Å². The molecule has 1 unspecified atom stereocenters. The van der Waals surface area contributed by atoms with Crippen LogP contribution in [0.15, 0.2) is 53.4 Å². The lowest BCUT2D eigenvalue weighted by Crippen LogP contribution is -2.49. The first-order valence-electron chi connectivity index (χ1n) is 10.3. The monoisotopic (exact) mass is 461 g/mol. The lowest BCUT2D eigenvalue weighted by Gasteiger charge is -2.27. The number of nitrogens with one attached hydrogen (secondary N) is 1. The van der Waals surface area contributed by atoms with E-state index in [4.69, 9.17) is 11.6 Å². The van der Waals surface area contributed by atoms with Crippen molar-refractivity contribution < 1.29 is 18.0 Å². The van der Waals surface area contributed by atoms with E-state index < -0.39 is 10.0 Å². The van der Waals surface area contributed by atoms with Gasteiger partial charge in [0.05, 0.1) is 11.4 Å². The molecule has 0 aliphatic carbocycles. The van der Waals surface area contributed by atoms with Gasteiger partial charge in [-0.15, -0.1) is 0 Å². The highest BCUT2D eigenvalue weighted by molar-refractivity contribution is 7.89. The van der Waals surface area contributed by atoms with Crippen LogP contribution in [0.1, 0.15) is 28.8 Å². The van der Waals surface area contributed by atoms with Crippen LogP contribution in [0.5, 0.6) is 0 Å². The predicted molar refractivity (Wildman–Crippen MR) is 117 cm³/mol. The zero-order valence-electron chi connectivity index (χ0n) is 17.0. The minimum atomic E-state index is -3.86. The highest BCUT2D eigenvalue weighted by Gasteiger charge is 2.32. The Labute approximate surface area is 187 Å². The maximum Gasteiger partial charge on any atom is 0.254 e. The van der Waals surface area contributed by atoms with Crippen LogP contribution in [-0.2, 0) is 21.2 Å². The van der Waals surface area contributed by atoms with E-state index >= 15 is 0 Å². The number of rotatable bonds is 5. The maximum absolute atomic E-state index is 13.3. The first kappa shape index (κ1) is 21.8. The lowest BCUT2D eigenvalue weighted by molar-refractivity contribution is -0.122. The molecule has 0 spiro atoms. The quantitative estimate of drug-likeness (QED) is 0.740. The van der Waals surface area contributed by atoms with Crippen LogP contribution in [0, 0.1) is 0 Å². The van der Waals surface area contributed by atoms with Crippen LogP contribution in [0.4, 0.5) is 0 Å². The Morgan fingerprint density at radius 3 is 2.71 bits per heavy atom. The normalized spacial score (nSPS) is 20.0. The van der Waals surface area contributed by atoms with Gasteiger partial charge in [-0.25, -0.2) is 8.42 Å². The van der Waals surface area contributed by atoms with Crippen molar-refractivity contribution in [2.75, 3.05) is 26.2 Å². The molecule has 2 heterocycles. The number of nitrogens with zero attached hydrogens (tertiary/aromatic N) is 2. The summed E-state index contributed by atoms with van der Waals surface area (Å²) in [5, 5.41) is 3.30. The van der Waals surface area contributed by atoms with Crippen LogP contribution in [0.25, 0.3) is 0 Å². The molecular weight excluding hydrogens is 438 g/mol. The molecule has 4 rings (SSSR count). The van der Waals surface area contributed by atoms with Crippen molar-refractivity contribution in [3.8, 4) is 0 Å². The minimum absolute atomic E-state index is 0.0125. The Morgan fingerprint density at radius 2 is 1.94 bits per heavy atom. The summed E-state index contributed by atoms with van der Waals surface area (Å²) < 4.78 is 27.1. The molecule has 2 aliphatic rings. The molecule has 1 N–H and O–H groups in total. The summed E-state index contributed by atoms with van der Waals surface area (Å²) in [6.45, 7) is 0.885. The molecule has 2 aliphatic heterocycles. The highest BCUT2D eigenvalue weighted by atomic mass is 35.5. The Bertz CT molecular complexity index is 1110. The minimum Gasteiger partial charge on any atom is -0.354 e. The van der Waals surface area contributed by atoms with Crippen molar-refractivity contribution >= 4 is 33.4 Å². The second-order valence-corrected chi connectivity index (χ2v) is 10.2. The SMILES string of the molecule is O=C1CN(S(=O)(=O)c2cccc(C(=O)N3CCCC3Cc3ccccc3Cl)c2)CCN1. The number of benzene rings is 2. The summed E-state index contributed by atoms with van der Waals surface area (Å²) in [6, 6.07) is 13.7. The van der Waals surface area contributed by atoms with Crippen LogP contribution in [0.2, 0.25) is 5.02 Å². The van der Waals surface area contributed by atoms with Crippen molar-refractivity contribution in [3.63, 3.8) is 0 Å². The molecule has 7 nitrogen and oxygen atoms in total. The van der Waals surface area contributed by atoms with Crippen molar-refractivity contribution in [1.29, 1.82) is 0 Å². The summed E-state index contributed by atoms with van der Waals surface area (Å²) in [6.07, 6.45) is 2.42. The fraction of sp³-hybridized carbons (Fsp3) is 0.364. The summed E-state index contributed by atoms with van der Waals surface area (Å²) >= 11 is 6.30. The third-order valence-electron chi connectivity index (χ3n) is 5.77. The van der Waals surface area contributed by atoms with E-state index in [0.29, 0.717) is 23.6 Å². The molecule has 0 saturated carbocycles. The van der Waals surface area contributed by atoms with E-state index in [-0.39, 0.29) is 42.4 Å². The molecule has 2 amide bonds. The van der Waals surface area contributed by atoms with Gasteiger partial charge in [-0.3, -0.25) is 9.59 Å². The number of halogens is 1. The number of sulfonamides is 1. The van der Waals surface area contributed by atoms with Crippen molar-refractivity contribution in [3.05, 3.63) is 64.7 Å². The van der Waals surface area contributed by atoms with Gasteiger partial charge in [0, 0.05) is 36.3 Å². The van der Waals surface area contributed by atoms with Gasteiger partial charge in [-0.05, 0) is 49.1 Å². The largest absolute Gasteiger partial charge is 0.354 e. The smallest absolute Gasteiger partial charge is 0.254 e. The van der Waals surface area contributed by atoms with E-state index in [2.05, 4.69) is 5.32 Å². The molecule has 0 aromatic heterocycles. The molecule has 2 aromatic carbocycles. The van der Waals surface area contributed by atoms with Crippen LogP contribution in [-0.4, -0.2) is 61.7 Å². The Morgan fingerprint density at radius 1 is 1.13 bits per heavy atom. The molecule has 1 atom stereocenters. The molecule has 9 heteroatoms. The number of amides is 2. The van der Waals surface area contributed by atoms with E-state index in [1.807, 2.05) is 29.2 Å². The molecular formula is C22H24ClN3O4S. The highest BCUT2D eigenvalue weighted by Crippen LogP contribution is 2.27. The van der Waals surface area contributed by atoms with E-state index in [9.17, 15) is 18.0 Å². The molecule has 2 saturated heterocycles. The predicted octanol–water partition coefficient (Wildman–Crippen LogP) is 2.31. The van der Waals surface area contributed by atoms with Crippen molar-refractivity contribution in [2.45, 2.75) is 30.2 Å². The zero-order valence-corrected chi connectivity index (χ0v) is 18.5. The van der Waals surface area contributed by atoms with Gasteiger partial charge in [0.2, 0.25) is 15.9 Å². The van der Waals surface area contributed by atoms with Gasteiger partial charge in [-0.2, -0.15) is 4.31 Å². The second-order valence-electron chi connectivity index (χ2n) is 7.81.